The van der Waals surface area contributed by atoms with Gasteiger partial charge in [0.15, 0.2) is 0 Å². The lowest BCUT2D eigenvalue weighted by Crippen LogP contribution is -2.24. The molecule has 0 heterocycles. The summed E-state index contributed by atoms with van der Waals surface area (Å²) in [4.78, 5) is 34.0. The molecule has 0 saturated heterocycles. The van der Waals surface area contributed by atoms with E-state index in [0.717, 1.165) is 12.8 Å². The van der Waals surface area contributed by atoms with Gasteiger partial charge in [0.1, 0.15) is 0 Å². The van der Waals surface area contributed by atoms with Gasteiger partial charge in [0.2, 0.25) is 5.91 Å². The van der Waals surface area contributed by atoms with Crippen molar-refractivity contribution in [2.45, 2.75) is 39.0 Å². The smallest absolute Gasteiger partial charge is 0.303 e. The number of hydrogen-bond donors (Lipinski definition) is 3. The van der Waals surface area contributed by atoms with Crippen molar-refractivity contribution in [3.63, 3.8) is 0 Å². The fourth-order valence-electron chi connectivity index (χ4n) is 1.84. The van der Waals surface area contributed by atoms with E-state index in [4.69, 9.17) is 5.11 Å². The van der Waals surface area contributed by atoms with Crippen molar-refractivity contribution in [1.82, 2.24) is 5.32 Å². The maximum atomic E-state index is 11.9. The van der Waals surface area contributed by atoms with E-state index in [1.54, 1.807) is 24.3 Å². The van der Waals surface area contributed by atoms with Gasteiger partial charge in [0.25, 0.3) is 5.91 Å². The van der Waals surface area contributed by atoms with Crippen molar-refractivity contribution in [2.24, 2.45) is 0 Å². The fourth-order valence-corrected chi connectivity index (χ4v) is 1.84. The number of amides is 2. The first-order chi connectivity index (χ1) is 10.5. The molecule has 1 aromatic carbocycles. The van der Waals surface area contributed by atoms with Gasteiger partial charge in [-0.1, -0.05) is 19.4 Å². The summed E-state index contributed by atoms with van der Waals surface area (Å²) in [7, 11) is 0. The first-order valence-electron chi connectivity index (χ1n) is 7.43. The summed E-state index contributed by atoms with van der Waals surface area (Å²) in [5.41, 5.74) is 1.02. The fraction of sp³-hybridized carbons (Fsp3) is 0.438. The third-order valence-electron chi connectivity index (χ3n) is 3.02. The third-order valence-corrected chi connectivity index (χ3v) is 3.02. The number of anilines is 1. The maximum absolute atomic E-state index is 11.9. The van der Waals surface area contributed by atoms with Gasteiger partial charge in [0.05, 0.1) is 0 Å². The van der Waals surface area contributed by atoms with Crippen molar-refractivity contribution < 1.29 is 19.5 Å². The van der Waals surface area contributed by atoms with E-state index in [2.05, 4.69) is 10.6 Å². The predicted octanol–water partition coefficient (Wildman–Crippen LogP) is 2.41. The number of nitrogens with one attached hydrogen (secondary N) is 2. The first kappa shape index (κ1) is 17.7. The Morgan fingerprint density at radius 3 is 2.59 bits per heavy atom. The van der Waals surface area contributed by atoms with Crippen LogP contribution < -0.4 is 10.6 Å². The number of carbonyl (C=O) groups is 3. The summed E-state index contributed by atoms with van der Waals surface area (Å²) < 4.78 is 0. The number of unbranched alkanes of at least 4 members (excludes halogenated alkanes) is 1. The molecule has 0 fully saturated rings. The van der Waals surface area contributed by atoms with E-state index >= 15 is 0 Å². The van der Waals surface area contributed by atoms with Gasteiger partial charge in [0, 0.05) is 30.6 Å². The summed E-state index contributed by atoms with van der Waals surface area (Å²) in [5, 5.41) is 14.0. The van der Waals surface area contributed by atoms with Gasteiger partial charge < -0.3 is 15.7 Å². The molecule has 1 aromatic rings. The molecule has 0 aliphatic carbocycles. The molecule has 120 valence electrons. The first-order valence-corrected chi connectivity index (χ1v) is 7.43. The summed E-state index contributed by atoms with van der Waals surface area (Å²) >= 11 is 0. The molecule has 6 nitrogen and oxygen atoms in total. The molecule has 6 heteroatoms. The third kappa shape index (κ3) is 6.88. The molecule has 0 radical (unpaired) electrons. The molecule has 3 N–H and O–H groups in total. The topological polar surface area (TPSA) is 95.5 Å². The zero-order valence-corrected chi connectivity index (χ0v) is 12.7. The van der Waals surface area contributed by atoms with Crippen LogP contribution in [0.15, 0.2) is 24.3 Å². The van der Waals surface area contributed by atoms with Crippen LogP contribution in [0.4, 0.5) is 5.69 Å². The highest BCUT2D eigenvalue weighted by molar-refractivity contribution is 5.97. The Hall–Kier alpha value is -2.37. The van der Waals surface area contributed by atoms with Crippen molar-refractivity contribution in [1.29, 1.82) is 0 Å². The lowest BCUT2D eigenvalue weighted by atomic mass is 10.1. The SMILES string of the molecule is CCCCNC(=O)c1cccc(NC(=O)CCCC(=O)O)c1. The number of carbonyl (C=O) groups excluding carboxylic acids is 2. The molecule has 0 atom stereocenters. The van der Waals surface area contributed by atoms with Gasteiger partial charge in [-0.2, -0.15) is 0 Å². The lowest BCUT2D eigenvalue weighted by molar-refractivity contribution is -0.137. The lowest BCUT2D eigenvalue weighted by Gasteiger charge is -2.08. The summed E-state index contributed by atoms with van der Waals surface area (Å²) in [6.07, 6.45) is 2.32. The summed E-state index contributed by atoms with van der Waals surface area (Å²) in [5.74, 6) is -1.35. The van der Waals surface area contributed by atoms with Gasteiger partial charge in [-0.25, -0.2) is 0 Å². The number of hydrogen-bond acceptors (Lipinski definition) is 3. The second-order valence-corrected chi connectivity index (χ2v) is 4.99. The van der Waals surface area contributed by atoms with Crippen LogP contribution in [0.25, 0.3) is 0 Å². The van der Waals surface area contributed by atoms with Crippen molar-refractivity contribution in [2.75, 3.05) is 11.9 Å². The molecule has 22 heavy (non-hydrogen) atoms. The van der Waals surface area contributed by atoms with Crippen LogP contribution in [0, 0.1) is 0 Å². The minimum atomic E-state index is -0.918. The maximum Gasteiger partial charge on any atom is 0.303 e. The monoisotopic (exact) mass is 306 g/mol. The minimum Gasteiger partial charge on any atom is -0.481 e. The molecular formula is C16H22N2O4. The number of carboxylic acid groups (broad SMARTS) is 1. The van der Waals surface area contributed by atoms with Crippen molar-refractivity contribution >= 4 is 23.5 Å². The molecule has 0 bridgehead atoms. The van der Waals surface area contributed by atoms with Crippen molar-refractivity contribution in [3.05, 3.63) is 29.8 Å². The van der Waals surface area contributed by atoms with Gasteiger partial charge in [-0.3, -0.25) is 14.4 Å². The average molecular weight is 306 g/mol. The van der Waals surface area contributed by atoms with Gasteiger partial charge >= 0.3 is 5.97 Å². The van der Waals surface area contributed by atoms with E-state index in [9.17, 15) is 14.4 Å². The number of benzene rings is 1. The van der Waals surface area contributed by atoms with E-state index in [1.807, 2.05) is 6.92 Å². The molecule has 0 aliphatic rings. The Bertz CT molecular complexity index is 529. The van der Waals surface area contributed by atoms with Crippen LogP contribution in [-0.4, -0.2) is 29.4 Å². The van der Waals surface area contributed by atoms with Gasteiger partial charge in [-0.05, 0) is 31.0 Å². The predicted molar refractivity (Wildman–Crippen MR) is 83.8 cm³/mol. The van der Waals surface area contributed by atoms with Crippen LogP contribution in [0.5, 0.6) is 0 Å². The van der Waals surface area contributed by atoms with Gasteiger partial charge in [-0.15, -0.1) is 0 Å². The van der Waals surface area contributed by atoms with Crippen LogP contribution in [0.2, 0.25) is 0 Å². The molecule has 0 saturated carbocycles. The van der Waals surface area contributed by atoms with E-state index in [1.165, 1.54) is 0 Å². The minimum absolute atomic E-state index is 0.0344. The summed E-state index contributed by atoms with van der Waals surface area (Å²) in [6, 6.07) is 6.68. The normalized spacial score (nSPS) is 10.0. The number of rotatable bonds is 9. The Labute approximate surface area is 129 Å². The second-order valence-electron chi connectivity index (χ2n) is 4.99. The highest BCUT2D eigenvalue weighted by Crippen LogP contribution is 2.11. The standard InChI is InChI=1S/C16H22N2O4/c1-2-3-10-17-16(22)12-6-4-7-13(11-12)18-14(19)8-5-9-15(20)21/h4,6-7,11H,2-3,5,8-10H2,1H3,(H,17,22)(H,18,19)(H,20,21). The Balaban J connectivity index is 2.51. The number of aliphatic carboxylic acids is 1. The van der Waals surface area contributed by atoms with Crippen LogP contribution in [0.1, 0.15) is 49.4 Å². The van der Waals surface area contributed by atoms with E-state index < -0.39 is 5.97 Å². The Morgan fingerprint density at radius 1 is 1.14 bits per heavy atom. The van der Waals surface area contributed by atoms with Crippen molar-refractivity contribution in [3.8, 4) is 0 Å². The second kappa shape index (κ2) is 9.55. The molecule has 0 unspecified atom stereocenters. The van der Waals surface area contributed by atoms with E-state index in [0.29, 0.717) is 24.2 Å². The van der Waals surface area contributed by atoms with E-state index in [-0.39, 0.29) is 24.7 Å². The highest BCUT2D eigenvalue weighted by atomic mass is 16.4. The molecule has 0 spiro atoms. The Kier molecular flexibility index (Phi) is 7.67. The molecular weight excluding hydrogens is 284 g/mol. The Morgan fingerprint density at radius 2 is 1.91 bits per heavy atom. The van der Waals surface area contributed by atoms with Crippen LogP contribution in [-0.2, 0) is 9.59 Å². The summed E-state index contributed by atoms with van der Waals surface area (Å²) in [6.45, 7) is 2.67. The zero-order chi connectivity index (χ0) is 16.4. The molecule has 0 aromatic heterocycles. The quantitative estimate of drug-likeness (QED) is 0.610. The average Bonchev–Trinajstić information content (AvgIpc) is 2.47. The highest BCUT2D eigenvalue weighted by Gasteiger charge is 2.08. The molecule has 0 aliphatic heterocycles. The molecule has 1 rings (SSSR count). The molecule has 2 amide bonds. The van der Waals surface area contributed by atoms with Crippen LogP contribution >= 0.6 is 0 Å². The number of carboxylic acids is 1. The largest absolute Gasteiger partial charge is 0.481 e. The van der Waals surface area contributed by atoms with Crippen LogP contribution in [0.3, 0.4) is 0 Å². The zero-order valence-electron chi connectivity index (χ0n) is 12.7.